The number of nitrogen functional groups attached to an aromatic ring is 1. The number of rotatable bonds is 4. The highest BCUT2D eigenvalue weighted by atomic mass is 19.1. The van der Waals surface area contributed by atoms with Crippen molar-refractivity contribution >= 4 is 5.82 Å². The molecule has 0 aliphatic carbocycles. The lowest BCUT2D eigenvalue weighted by molar-refractivity contribution is 0.264. The Morgan fingerprint density at radius 1 is 1.28 bits per heavy atom. The van der Waals surface area contributed by atoms with Crippen molar-refractivity contribution in [3.05, 3.63) is 47.2 Å². The Morgan fingerprint density at radius 3 is 2.72 bits per heavy atom. The van der Waals surface area contributed by atoms with Gasteiger partial charge in [0.25, 0.3) is 0 Å². The second kappa shape index (κ2) is 5.14. The van der Waals surface area contributed by atoms with Crippen LogP contribution in [0.4, 0.5) is 14.6 Å². The highest BCUT2D eigenvalue weighted by molar-refractivity contribution is 5.26. The number of anilines is 1. The van der Waals surface area contributed by atoms with Crippen LogP contribution in [0.5, 0.6) is 0 Å². The van der Waals surface area contributed by atoms with Crippen molar-refractivity contribution in [2.24, 2.45) is 0 Å². The van der Waals surface area contributed by atoms with E-state index in [0.29, 0.717) is 23.7 Å². The lowest BCUT2D eigenvalue weighted by atomic mass is 10.2. The molecule has 0 saturated carbocycles. The third-order valence-corrected chi connectivity index (χ3v) is 2.45. The SMILES string of the molecule is CN(Cc1cc(N)no1)Cc1cc(F)ccc1F. The molecule has 0 amide bonds. The maximum absolute atomic E-state index is 13.4. The first kappa shape index (κ1) is 12.5. The maximum Gasteiger partial charge on any atom is 0.167 e. The molecule has 0 bridgehead atoms. The summed E-state index contributed by atoms with van der Waals surface area (Å²) >= 11 is 0. The Bertz CT molecular complexity index is 542. The first-order chi connectivity index (χ1) is 8.54. The van der Waals surface area contributed by atoms with Crippen LogP contribution in [-0.4, -0.2) is 17.1 Å². The van der Waals surface area contributed by atoms with Gasteiger partial charge < -0.3 is 10.3 Å². The lowest BCUT2D eigenvalue weighted by Crippen LogP contribution is -2.17. The minimum Gasteiger partial charge on any atom is -0.381 e. The number of nitrogens with two attached hydrogens (primary N) is 1. The fourth-order valence-corrected chi connectivity index (χ4v) is 1.68. The maximum atomic E-state index is 13.4. The van der Waals surface area contributed by atoms with Crippen LogP contribution in [0.3, 0.4) is 0 Å². The van der Waals surface area contributed by atoms with Crippen LogP contribution in [0.15, 0.2) is 28.8 Å². The quantitative estimate of drug-likeness (QED) is 0.907. The highest BCUT2D eigenvalue weighted by Crippen LogP contribution is 2.14. The molecule has 0 radical (unpaired) electrons. The van der Waals surface area contributed by atoms with Crippen molar-refractivity contribution < 1.29 is 13.3 Å². The zero-order valence-corrected chi connectivity index (χ0v) is 9.86. The van der Waals surface area contributed by atoms with Crippen LogP contribution in [0, 0.1) is 11.6 Å². The van der Waals surface area contributed by atoms with Crippen molar-refractivity contribution in [2.45, 2.75) is 13.1 Å². The summed E-state index contributed by atoms with van der Waals surface area (Å²) < 4.78 is 31.4. The van der Waals surface area contributed by atoms with E-state index in [2.05, 4.69) is 5.16 Å². The first-order valence-electron chi connectivity index (χ1n) is 5.38. The zero-order valence-electron chi connectivity index (χ0n) is 9.86. The van der Waals surface area contributed by atoms with Gasteiger partial charge in [-0.3, -0.25) is 4.90 Å². The summed E-state index contributed by atoms with van der Waals surface area (Å²) in [7, 11) is 1.77. The summed E-state index contributed by atoms with van der Waals surface area (Å²) in [6.07, 6.45) is 0. The van der Waals surface area contributed by atoms with E-state index < -0.39 is 11.6 Å². The van der Waals surface area contributed by atoms with Crippen molar-refractivity contribution in [1.82, 2.24) is 10.1 Å². The predicted octanol–water partition coefficient (Wildman–Crippen LogP) is 2.17. The third kappa shape index (κ3) is 3.04. The molecule has 1 heterocycles. The van der Waals surface area contributed by atoms with E-state index >= 15 is 0 Å². The number of benzene rings is 1. The Hall–Kier alpha value is -1.95. The molecule has 1 aromatic heterocycles. The molecule has 18 heavy (non-hydrogen) atoms. The number of halogens is 2. The van der Waals surface area contributed by atoms with E-state index in [-0.39, 0.29) is 6.54 Å². The molecular formula is C12H13F2N3O. The molecule has 96 valence electrons. The summed E-state index contributed by atoms with van der Waals surface area (Å²) in [5.41, 5.74) is 5.71. The Kier molecular flexibility index (Phi) is 3.57. The molecule has 0 saturated heterocycles. The van der Waals surface area contributed by atoms with Crippen LogP contribution in [0.1, 0.15) is 11.3 Å². The molecule has 6 heteroatoms. The highest BCUT2D eigenvalue weighted by Gasteiger charge is 2.10. The standard InChI is InChI=1S/C12H13F2N3O/c1-17(7-10-5-12(15)16-18-10)6-8-4-9(13)2-3-11(8)14/h2-5H,6-7H2,1H3,(H2,15,16). The number of aromatic nitrogens is 1. The molecule has 4 nitrogen and oxygen atoms in total. The summed E-state index contributed by atoms with van der Waals surface area (Å²) in [5, 5.41) is 3.55. The summed E-state index contributed by atoms with van der Waals surface area (Å²) in [6.45, 7) is 0.685. The Morgan fingerprint density at radius 2 is 2.06 bits per heavy atom. The van der Waals surface area contributed by atoms with Gasteiger partial charge in [-0.15, -0.1) is 0 Å². The fraction of sp³-hybridized carbons (Fsp3) is 0.250. The smallest absolute Gasteiger partial charge is 0.167 e. The molecule has 0 aliphatic heterocycles. The second-order valence-corrected chi connectivity index (χ2v) is 4.13. The average molecular weight is 253 g/mol. The van der Waals surface area contributed by atoms with Gasteiger partial charge in [-0.1, -0.05) is 5.16 Å². The predicted molar refractivity (Wildman–Crippen MR) is 62.4 cm³/mol. The molecule has 0 fully saturated rings. The van der Waals surface area contributed by atoms with Gasteiger partial charge in [0.2, 0.25) is 0 Å². The number of hydrogen-bond acceptors (Lipinski definition) is 4. The zero-order chi connectivity index (χ0) is 13.1. The van der Waals surface area contributed by atoms with Gasteiger partial charge in [0, 0.05) is 18.2 Å². The molecule has 1 aromatic carbocycles. The van der Waals surface area contributed by atoms with Gasteiger partial charge in [0.15, 0.2) is 11.6 Å². The third-order valence-electron chi connectivity index (χ3n) is 2.45. The molecule has 0 atom stereocenters. The lowest BCUT2D eigenvalue weighted by Gasteiger charge is -2.15. The van der Waals surface area contributed by atoms with Gasteiger partial charge in [-0.25, -0.2) is 8.78 Å². The molecule has 2 rings (SSSR count). The first-order valence-corrected chi connectivity index (χ1v) is 5.38. The molecular weight excluding hydrogens is 240 g/mol. The minimum atomic E-state index is -0.455. The van der Waals surface area contributed by atoms with E-state index in [1.165, 1.54) is 6.07 Å². The molecule has 0 spiro atoms. The van der Waals surface area contributed by atoms with Crippen LogP contribution >= 0.6 is 0 Å². The normalized spacial score (nSPS) is 11.1. The van der Waals surface area contributed by atoms with E-state index in [1.807, 2.05) is 0 Å². The minimum absolute atomic E-state index is 0.268. The summed E-state index contributed by atoms with van der Waals surface area (Å²) in [6, 6.07) is 4.99. The van der Waals surface area contributed by atoms with E-state index in [1.54, 1.807) is 18.0 Å². The van der Waals surface area contributed by atoms with Gasteiger partial charge >= 0.3 is 0 Å². The number of nitrogens with zero attached hydrogens (tertiary/aromatic N) is 2. The van der Waals surface area contributed by atoms with Crippen LogP contribution in [0.25, 0.3) is 0 Å². The van der Waals surface area contributed by atoms with Gasteiger partial charge in [-0.05, 0) is 25.2 Å². The average Bonchev–Trinajstić information content (AvgIpc) is 2.69. The van der Waals surface area contributed by atoms with Crippen molar-refractivity contribution in [2.75, 3.05) is 12.8 Å². The van der Waals surface area contributed by atoms with Gasteiger partial charge in [0.05, 0.1) is 6.54 Å². The van der Waals surface area contributed by atoms with Gasteiger partial charge in [0.1, 0.15) is 11.6 Å². The molecule has 0 unspecified atom stereocenters. The molecule has 0 aliphatic rings. The van der Waals surface area contributed by atoms with E-state index in [0.717, 1.165) is 12.1 Å². The monoisotopic (exact) mass is 253 g/mol. The van der Waals surface area contributed by atoms with Crippen LogP contribution in [0.2, 0.25) is 0 Å². The summed E-state index contributed by atoms with van der Waals surface area (Å²) in [5.74, 6) is -0.00816. The van der Waals surface area contributed by atoms with Crippen molar-refractivity contribution in [3.63, 3.8) is 0 Å². The largest absolute Gasteiger partial charge is 0.381 e. The van der Waals surface area contributed by atoms with E-state index in [4.69, 9.17) is 10.3 Å². The van der Waals surface area contributed by atoms with Gasteiger partial charge in [-0.2, -0.15) is 0 Å². The Labute approximate surface area is 103 Å². The summed E-state index contributed by atoms with van der Waals surface area (Å²) in [4.78, 5) is 1.78. The molecule has 2 aromatic rings. The van der Waals surface area contributed by atoms with Crippen LogP contribution < -0.4 is 5.73 Å². The van der Waals surface area contributed by atoms with Crippen molar-refractivity contribution in [3.8, 4) is 0 Å². The number of hydrogen-bond donors (Lipinski definition) is 1. The second-order valence-electron chi connectivity index (χ2n) is 4.13. The fourth-order valence-electron chi connectivity index (χ4n) is 1.68. The van der Waals surface area contributed by atoms with Crippen LogP contribution in [-0.2, 0) is 13.1 Å². The topological polar surface area (TPSA) is 55.3 Å². The Balaban J connectivity index is 2.02. The van der Waals surface area contributed by atoms with Crippen molar-refractivity contribution in [1.29, 1.82) is 0 Å². The molecule has 2 N–H and O–H groups in total. The van der Waals surface area contributed by atoms with E-state index in [9.17, 15) is 8.78 Å².